The Kier molecular flexibility index (Phi) is 7.67. The second-order valence-corrected chi connectivity index (χ2v) is 8.53. The molecule has 0 aromatic heterocycles. The highest BCUT2D eigenvalue weighted by Gasteiger charge is 2.17. The fourth-order valence-electron chi connectivity index (χ4n) is 3.48. The van der Waals surface area contributed by atoms with Gasteiger partial charge in [-0.3, -0.25) is 9.59 Å². The molecular weight excluding hydrogens is 324 g/mol. The fourth-order valence-corrected chi connectivity index (χ4v) is 3.48. The van der Waals surface area contributed by atoms with Crippen molar-refractivity contribution in [3.8, 4) is 0 Å². The standard InChI is InChI=1S/C22H34N2O2/c1-22(2,3)19-11-9-17(10-12-19)13-14-23-21(26)16-24-20(25)15-18-7-5-4-6-8-18/h9-12,18H,4-8,13-16H2,1-3H3,(H,23,26)(H,24,25). The summed E-state index contributed by atoms with van der Waals surface area (Å²) in [6.07, 6.45) is 7.41. The van der Waals surface area contributed by atoms with Gasteiger partial charge in [-0.05, 0) is 41.7 Å². The monoisotopic (exact) mass is 358 g/mol. The van der Waals surface area contributed by atoms with Crippen molar-refractivity contribution in [3.05, 3.63) is 35.4 Å². The molecule has 4 nitrogen and oxygen atoms in total. The highest BCUT2D eigenvalue weighted by molar-refractivity contribution is 5.84. The molecule has 1 fully saturated rings. The van der Waals surface area contributed by atoms with Crippen LogP contribution in [0.3, 0.4) is 0 Å². The summed E-state index contributed by atoms with van der Waals surface area (Å²) in [7, 11) is 0. The predicted molar refractivity (Wildman–Crippen MR) is 106 cm³/mol. The zero-order valence-electron chi connectivity index (χ0n) is 16.6. The second kappa shape index (κ2) is 9.75. The van der Waals surface area contributed by atoms with Crippen molar-refractivity contribution < 1.29 is 9.59 Å². The highest BCUT2D eigenvalue weighted by Crippen LogP contribution is 2.26. The van der Waals surface area contributed by atoms with E-state index in [4.69, 9.17) is 0 Å². The minimum Gasteiger partial charge on any atom is -0.354 e. The van der Waals surface area contributed by atoms with Crippen molar-refractivity contribution in [1.82, 2.24) is 10.6 Å². The zero-order chi connectivity index (χ0) is 19.0. The van der Waals surface area contributed by atoms with E-state index in [1.807, 2.05) is 0 Å². The van der Waals surface area contributed by atoms with Gasteiger partial charge in [0.05, 0.1) is 6.54 Å². The third-order valence-corrected chi connectivity index (χ3v) is 5.20. The Morgan fingerprint density at radius 3 is 2.23 bits per heavy atom. The van der Waals surface area contributed by atoms with Crippen molar-refractivity contribution in [2.75, 3.05) is 13.1 Å². The number of nitrogens with one attached hydrogen (secondary N) is 2. The van der Waals surface area contributed by atoms with Crippen LogP contribution >= 0.6 is 0 Å². The number of hydrogen-bond donors (Lipinski definition) is 2. The predicted octanol–water partition coefficient (Wildman–Crippen LogP) is 3.73. The molecule has 0 unspecified atom stereocenters. The van der Waals surface area contributed by atoms with Gasteiger partial charge in [-0.25, -0.2) is 0 Å². The Bertz CT molecular complexity index is 581. The molecule has 0 atom stereocenters. The first-order chi connectivity index (χ1) is 12.3. The molecule has 26 heavy (non-hydrogen) atoms. The molecule has 1 saturated carbocycles. The molecule has 0 bridgehead atoms. The molecular formula is C22H34N2O2. The summed E-state index contributed by atoms with van der Waals surface area (Å²) >= 11 is 0. The first-order valence-electron chi connectivity index (χ1n) is 9.97. The molecule has 1 aromatic rings. The van der Waals surface area contributed by atoms with Crippen LogP contribution < -0.4 is 10.6 Å². The van der Waals surface area contributed by atoms with E-state index in [-0.39, 0.29) is 23.8 Å². The van der Waals surface area contributed by atoms with Crippen molar-refractivity contribution in [3.63, 3.8) is 0 Å². The number of carbonyl (C=O) groups is 2. The van der Waals surface area contributed by atoms with Gasteiger partial charge in [0, 0.05) is 13.0 Å². The van der Waals surface area contributed by atoms with Crippen molar-refractivity contribution in [1.29, 1.82) is 0 Å². The summed E-state index contributed by atoms with van der Waals surface area (Å²) in [5.74, 6) is 0.390. The molecule has 0 aliphatic heterocycles. The van der Waals surface area contributed by atoms with E-state index in [1.165, 1.54) is 30.4 Å². The van der Waals surface area contributed by atoms with Crippen LogP contribution in [0.2, 0.25) is 0 Å². The van der Waals surface area contributed by atoms with E-state index in [2.05, 4.69) is 55.7 Å². The second-order valence-electron chi connectivity index (χ2n) is 8.53. The van der Waals surface area contributed by atoms with E-state index >= 15 is 0 Å². The van der Waals surface area contributed by atoms with E-state index in [9.17, 15) is 9.59 Å². The van der Waals surface area contributed by atoms with Crippen LogP contribution in [-0.2, 0) is 21.4 Å². The van der Waals surface area contributed by atoms with Gasteiger partial charge in [0.2, 0.25) is 11.8 Å². The Hall–Kier alpha value is -1.84. The smallest absolute Gasteiger partial charge is 0.239 e. The average molecular weight is 359 g/mol. The number of carbonyl (C=O) groups excluding carboxylic acids is 2. The van der Waals surface area contributed by atoms with E-state index in [0.717, 1.165) is 19.3 Å². The molecule has 0 heterocycles. The van der Waals surface area contributed by atoms with Crippen LogP contribution in [-0.4, -0.2) is 24.9 Å². The molecule has 1 aromatic carbocycles. The van der Waals surface area contributed by atoms with Gasteiger partial charge in [-0.1, -0.05) is 64.3 Å². The van der Waals surface area contributed by atoms with E-state index in [0.29, 0.717) is 18.9 Å². The minimum atomic E-state index is -0.117. The quantitative estimate of drug-likeness (QED) is 0.780. The molecule has 1 aliphatic rings. The summed E-state index contributed by atoms with van der Waals surface area (Å²) in [6.45, 7) is 7.26. The van der Waals surface area contributed by atoms with Gasteiger partial charge in [0.15, 0.2) is 0 Å². The summed E-state index contributed by atoms with van der Waals surface area (Å²) in [6, 6.07) is 8.56. The van der Waals surface area contributed by atoms with Gasteiger partial charge in [0.25, 0.3) is 0 Å². The van der Waals surface area contributed by atoms with Gasteiger partial charge < -0.3 is 10.6 Å². The van der Waals surface area contributed by atoms with E-state index in [1.54, 1.807) is 0 Å². The third-order valence-electron chi connectivity index (χ3n) is 5.20. The van der Waals surface area contributed by atoms with Crippen LogP contribution in [0.4, 0.5) is 0 Å². The topological polar surface area (TPSA) is 58.2 Å². The lowest BCUT2D eigenvalue weighted by Crippen LogP contribution is -2.38. The van der Waals surface area contributed by atoms with Gasteiger partial charge >= 0.3 is 0 Å². The lowest BCUT2D eigenvalue weighted by molar-refractivity contribution is -0.126. The molecule has 4 heteroatoms. The maximum Gasteiger partial charge on any atom is 0.239 e. The van der Waals surface area contributed by atoms with Crippen LogP contribution in [0.15, 0.2) is 24.3 Å². The van der Waals surface area contributed by atoms with Crippen LogP contribution in [0.1, 0.15) is 70.4 Å². The Morgan fingerprint density at radius 2 is 1.62 bits per heavy atom. The lowest BCUT2D eigenvalue weighted by atomic mass is 9.86. The average Bonchev–Trinajstić information content (AvgIpc) is 2.60. The molecule has 0 spiro atoms. The SMILES string of the molecule is CC(C)(C)c1ccc(CCNC(=O)CNC(=O)CC2CCCCC2)cc1. The third kappa shape index (κ3) is 7.19. The highest BCUT2D eigenvalue weighted by atomic mass is 16.2. The van der Waals surface area contributed by atoms with Gasteiger partial charge in [-0.15, -0.1) is 0 Å². The largest absolute Gasteiger partial charge is 0.354 e. The van der Waals surface area contributed by atoms with Gasteiger partial charge in [-0.2, -0.15) is 0 Å². The summed E-state index contributed by atoms with van der Waals surface area (Å²) in [5, 5.41) is 5.63. The molecule has 0 radical (unpaired) electrons. The molecule has 2 N–H and O–H groups in total. The van der Waals surface area contributed by atoms with Crippen LogP contribution in [0, 0.1) is 5.92 Å². The first-order valence-corrected chi connectivity index (χ1v) is 9.97. The number of benzene rings is 1. The number of rotatable bonds is 7. The first kappa shape index (κ1) is 20.5. The maximum atomic E-state index is 11.9. The summed E-state index contributed by atoms with van der Waals surface area (Å²) < 4.78 is 0. The van der Waals surface area contributed by atoms with Crippen LogP contribution in [0.5, 0.6) is 0 Å². The van der Waals surface area contributed by atoms with E-state index < -0.39 is 0 Å². The normalized spacial score (nSPS) is 15.5. The van der Waals surface area contributed by atoms with Gasteiger partial charge in [0.1, 0.15) is 0 Å². The van der Waals surface area contributed by atoms with Crippen molar-refractivity contribution in [2.45, 2.75) is 71.1 Å². The molecule has 0 saturated heterocycles. The Labute approximate surface area is 158 Å². The number of hydrogen-bond acceptors (Lipinski definition) is 2. The summed E-state index contributed by atoms with van der Waals surface area (Å²) in [4.78, 5) is 23.8. The summed E-state index contributed by atoms with van der Waals surface area (Å²) in [5.41, 5.74) is 2.67. The van der Waals surface area contributed by atoms with Crippen molar-refractivity contribution in [2.24, 2.45) is 5.92 Å². The fraction of sp³-hybridized carbons (Fsp3) is 0.636. The number of amides is 2. The zero-order valence-corrected chi connectivity index (χ0v) is 16.6. The molecule has 144 valence electrons. The van der Waals surface area contributed by atoms with Crippen LogP contribution in [0.25, 0.3) is 0 Å². The minimum absolute atomic E-state index is 0.00446. The molecule has 1 aliphatic carbocycles. The Balaban J connectivity index is 1.61. The lowest BCUT2D eigenvalue weighted by Gasteiger charge is -2.20. The molecule has 2 amide bonds. The van der Waals surface area contributed by atoms with Crippen molar-refractivity contribution >= 4 is 11.8 Å². The molecule has 2 rings (SSSR count). The maximum absolute atomic E-state index is 11.9. The Morgan fingerprint density at radius 1 is 0.962 bits per heavy atom.